The van der Waals surface area contributed by atoms with E-state index >= 15 is 0 Å². The average Bonchev–Trinajstić information content (AvgIpc) is 3.09. The Labute approximate surface area is 109 Å². The van der Waals surface area contributed by atoms with E-state index < -0.39 is 0 Å². The topological polar surface area (TPSA) is 27.6 Å². The van der Waals surface area contributed by atoms with Crippen molar-refractivity contribution >= 4 is 30.3 Å². The van der Waals surface area contributed by atoms with Gasteiger partial charge in [-0.05, 0) is 43.4 Å². The fraction of sp³-hybridized carbons (Fsp3) is 0.909. The third-order valence-electron chi connectivity index (χ3n) is 3.68. The lowest BCUT2D eigenvalue weighted by atomic mass is 9.98. The van der Waals surface area contributed by atoms with Crippen molar-refractivity contribution in [1.29, 1.82) is 0 Å². The highest BCUT2D eigenvalue weighted by Crippen LogP contribution is 2.48. The van der Waals surface area contributed by atoms with E-state index in [0.717, 1.165) is 30.8 Å². The predicted octanol–water partition coefficient (Wildman–Crippen LogP) is 1.89. The molecule has 86 valence electrons. The van der Waals surface area contributed by atoms with Gasteiger partial charge in [-0.25, -0.2) is 5.43 Å². The molecule has 3 rings (SSSR count). The molecule has 2 fully saturated rings. The monoisotopic (exact) mass is 321 g/mol. The van der Waals surface area contributed by atoms with E-state index in [4.69, 9.17) is 0 Å². The van der Waals surface area contributed by atoms with Crippen molar-refractivity contribution in [2.45, 2.75) is 25.7 Å². The number of aliphatic imine (C=N–C) groups is 1. The molecule has 0 radical (unpaired) electrons. The second-order valence-corrected chi connectivity index (χ2v) is 4.92. The van der Waals surface area contributed by atoms with E-state index in [1.54, 1.807) is 0 Å². The lowest BCUT2D eigenvalue weighted by molar-refractivity contribution is 0.273. The van der Waals surface area contributed by atoms with Gasteiger partial charge in [0, 0.05) is 6.54 Å². The van der Waals surface area contributed by atoms with Gasteiger partial charge in [0.1, 0.15) is 0 Å². The fourth-order valence-corrected chi connectivity index (χ4v) is 2.49. The van der Waals surface area contributed by atoms with Crippen LogP contribution in [0.25, 0.3) is 0 Å². The van der Waals surface area contributed by atoms with Gasteiger partial charge in [0.25, 0.3) is 0 Å². The van der Waals surface area contributed by atoms with Crippen LogP contribution in [0.3, 0.4) is 0 Å². The van der Waals surface area contributed by atoms with E-state index in [2.05, 4.69) is 15.4 Å². The van der Waals surface area contributed by atoms with Crippen LogP contribution >= 0.6 is 24.0 Å². The second-order valence-electron chi connectivity index (χ2n) is 4.92. The van der Waals surface area contributed by atoms with Crippen molar-refractivity contribution in [3.8, 4) is 0 Å². The van der Waals surface area contributed by atoms with Crippen LogP contribution in [0.4, 0.5) is 0 Å². The first-order chi connectivity index (χ1) is 6.93. The van der Waals surface area contributed by atoms with Crippen LogP contribution in [-0.2, 0) is 0 Å². The zero-order chi connectivity index (χ0) is 9.38. The van der Waals surface area contributed by atoms with Gasteiger partial charge in [0.2, 0.25) is 0 Å². The summed E-state index contributed by atoms with van der Waals surface area (Å²) in [4.78, 5) is 4.20. The Morgan fingerprint density at radius 2 is 1.93 bits per heavy atom. The fourth-order valence-electron chi connectivity index (χ4n) is 2.49. The van der Waals surface area contributed by atoms with Crippen LogP contribution < -0.4 is 5.43 Å². The van der Waals surface area contributed by atoms with E-state index in [9.17, 15) is 0 Å². The van der Waals surface area contributed by atoms with Gasteiger partial charge in [-0.15, -0.1) is 24.0 Å². The molecule has 4 heteroatoms. The molecule has 0 amide bonds. The maximum atomic E-state index is 4.20. The summed E-state index contributed by atoms with van der Waals surface area (Å²) in [5.41, 5.74) is 3.51. The molecule has 0 spiro atoms. The van der Waals surface area contributed by atoms with Gasteiger partial charge >= 0.3 is 0 Å². The number of rotatable bonds is 5. The molecule has 2 saturated carbocycles. The van der Waals surface area contributed by atoms with E-state index in [-0.39, 0.29) is 24.0 Å². The number of nitrogens with one attached hydrogen (secondary N) is 1. The SMILES string of the molecule is C1=NCCN1NCC(C1CC1)C1CC1.I. The van der Waals surface area contributed by atoms with Crippen LogP contribution in [-0.4, -0.2) is 31.0 Å². The summed E-state index contributed by atoms with van der Waals surface area (Å²) >= 11 is 0. The van der Waals surface area contributed by atoms with E-state index in [1.165, 1.54) is 32.2 Å². The second kappa shape index (κ2) is 4.99. The smallest absolute Gasteiger partial charge is 0.0993 e. The molecular formula is C11H20IN3. The molecule has 3 aliphatic rings. The summed E-state index contributed by atoms with van der Waals surface area (Å²) in [6.07, 6.45) is 7.87. The van der Waals surface area contributed by atoms with Gasteiger partial charge < -0.3 is 0 Å². The average molecular weight is 321 g/mol. The van der Waals surface area contributed by atoms with Gasteiger partial charge in [-0.2, -0.15) is 0 Å². The lowest BCUT2D eigenvalue weighted by Crippen LogP contribution is -2.39. The molecule has 1 N–H and O–H groups in total. The molecule has 0 aromatic rings. The van der Waals surface area contributed by atoms with Crippen molar-refractivity contribution in [1.82, 2.24) is 10.4 Å². The van der Waals surface area contributed by atoms with Crippen LogP contribution in [0.1, 0.15) is 25.7 Å². The zero-order valence-corrected chi connectivity index (χ0v) is 11.4. The van der Waals surface area contributed by atoms with Gasteiger partial charge in [-0.3, -0.25) is 10.0 Å². The Balaban J connectivity index is 0.000000853. The number of hydrogen-bond acceptors (Lipinski definition) is 3. The minimum atomic E-state index is 0. The molecule has 0 bridgehead atoms. The minimum Gasteiger partial charge on any atom is -0.297 e. The summed E-state index contributed by atoms with van der Waals surface area (Å²) in [5, 5.41) is 2.15. The largest absolute Gasteiger partial charge is 0.297 e. The molecular weight excluding hydrogens is 301 g/mol. The quantitative estimate of drug-likeness (QED) is 0.783. The van der Waals surface area contributed by atoms with E-state index in [1.807, 2.05) is 6.34 Å². The first kappa shape index (κ1) is 11.6. The highest BCUT2D eigenvalue weighted by molar-refractivity contribution is 14.0. The van der Waals surface area contributed by atoms with Crippen LogP contribution in [0, 0.1) is 17.8 Å². The third kappa shape index (κ3) is 3.06. The molecule has 0 atom stereocenters. The van der Waals surface area contributed by atoms with Crippen molar-refractivity contribution in [3.05, 3.63) is 0 Å². The Morgan fingerprint density at radius 1 is 1.27 bits per heavy atom. The minimum absolute atomic E-state index is 0. The highest BCUT2D eigenvalue weighted by atomic mass is 127. The molecule has 1 aliphatic heterocycles. The number of halogens is 1. The maximum Gasteiger partial charge on any atom is 0.0993 e. The molecule has 3 nitrogen and oxygen atoms in total. The molecule has 0 aromatic heterocycles. The Kier molecular flexibility index (Phi) is 3.88. The number of hydrazine groups is 1. The molecule has 15 heavy (non-hydrogen) atoms. The van der Waals surface area contributed by atoms with Gasteiger partial charge in [0.15, 0.2) is 0 Å². The summed E-state index contributed by atoms with van der Waals surface area (Å²) in [7, 11) is 0. The first-order valence-electron chi connectivity index (χ1n) is 5.93. The van der Waals surface area contributed by atoms with Crippen molar-refractivity contribution in [2.24, 2.45) is 22.7 Å². The van der Waals surface area contributed by atoms with Crippen LogP contribution in [0.5, 0.6) is 0 Å². The molecule has 1 heterocycles. The van der Waals surface area contributed by atoms with E-state index in [0.29, 0.717) is 0 Å². The Morgan fingerprint density at radius 3 is 2.40 bits per heavy atom. The predicted molar refractivity (Wildman–Crippen MR) is 72.4 cm³/mol. The molecule has 0 saturated heterocycles. The number of nitrogens with zero attached hydrogens (tertiary/aromatic N) is 2. The lowest BCUT2D eigenvalue weighted by Gasteiger charge is -2.21. The van der Waals surface area contributed by atoms with Crippen molar-refractivity contribution < 1.29 is 0 Å². The Bertz CT molecular complexity index is 224. The van der Waals surface area contributed by atoms with Crippen molar-refractivity contribution in [3.63, 3.8) is 0 Å². The molecule has 0 aromatic carbocycles. The third-order valence-corrected chi connectivity index (χ3v) is 3.68. The van der Waals surface area contributed by atoms with Crippen LogP contribution in [0.15, 0.2) is 4.99 Å². The highest BCUT2D eigenvalue weighted by Gasteiger charge is 2.41. The molecule has 2 aliphatic carbocycles. The Hall–Kier alpha value is 0.160. The molecule has 0 unspecified atom stereocenters. The van der Waals surface area contributed by atoms with Crippen LogP contribution in [0.2, 0.25) is 0 Å². The van der Waals surface area contributed by atoms with Gasteiger partial charge in [-0.1, -0.05) is 0 Å². The summed E-state index contributed by atoms with van der Waals surface area (Å²) in [6.45, 7) is 3.20. The normalized spacial score (nSPS) is 24.7. The van der Waals surface area contributed by atoms with Gasteiger partial charge in [0.05, 0.1) is 19.4 Å². The summed E-state index contributed by atoms with van der Waals surface area (Å²) in [5.74, 6) is 3.06. The number of hydrogen-bond donors (Lipinski definition) is 1. The summed E-state index contributed by atoms with van der Waals surface area (Å²) in [6, 6.07) is 0. The summed E-state index contributed by atoms with van der Waals surface area (Å²) < 4.78 is 0. The maximum absolute atomic E-state index is 4.20. The zero-order valence-electron chi connectivity index (χ0n) is 9.06. The van der Waals surface area contributed by atoms with Crippen molar-refractivity contribution in [2.75, 3.05) is 19.6 Å². The first-order valence-corrected chi connectivity index (χ1v) is 5.93. The standard InChI is InChI=1S/C11H19N3.HI/c1-2-9(1)11(10-3-4-10)7-13-14-6-5-12-8-14;/h8-11,13H,1-7H2;1H.